The van der Waals surface area contributed by atoms with E-state index in [1.807, 2.05) is 6.92 Å². The van der Waals surface area contributed by atoms with Crippen molar-refractivity contribution in [2.75, 3.05) is 0 Å². The number of rotatable bonds is 2. The van der Waals surface area contributed by atoms with Crippen LogP contribution in [0, 0.1) is 6.92 Å². The fourth-order valence-electron chi connectivity index (χ4n) is 1.12. The molecule has 0 aromatic carbocycles. The summed E-state index contributed by atoms with van der Waals surface area (Å²) in [5, 5.41) is 0. The van der Waals surface area contributed by atoms with Crippen molar-refractivity contribution >= 4 is 0 Å². The van der Waals surface area contributed by atoms with Crippen LogP contribution in [0.4, 0.5) is 0 Å². The number of aromatic amines is 2. The molecule has 0 saturated carbocycles. The molecule has 1 unspecified atom stereocenters. The van der Waals surface area contributed by atoms with Crippen molar-refractivity contribution in [3.8, 4) is 0 Å². The monoisotopic (exact) mass is 183 g/mol. The van der Waals surface area contributed by atoms with E-state index in [0.29, 0.717) is 17.7 Å². The van der Waals surface area contributed by atoms with Crippen LogP contribution in [0.15, 0.2) is 9.59 Å². The van der Waals surface area contributed by atoms with E-state index in [2.05, 4.69) is 9.97 Å². The maximum absolute atomic E-state index is 11.1. The van der Waals surface area contributed by atoms with Gasteiger partial charge in [-0.05, 0) is 13.8 Å². The third kappa shape index (κ3) is 2.29. The molecule has 0 bridgehead atoms. The molecule has 0 spiro atoms. The van der Waals surface area contributed by atoms with E-state index in [1.54, 1.807) is 6.92 Å². The summed E-state index contributed by atoms with van der Waals surface area (Å²) in [6.45, 7) is 3.48. The molecule has 72 valence electrons. The summed E-state index contributed by atoms with van der Waals surface area (Å²) in [6.07, 6.45) is 0.505. The highest BCUT2D eigenvalue weighted by Gasteiger charge is 2.05. The van der Waals surface area contributed by atoms with Gasteiger partial charge in [-0.15, -0.1) is 0 Å². The van der Waals surface area contributed by atoms with Gasteiger partial charge in [0.05, 0.1) is 0 Å². The predicted octanol–water partition coefficient (Wildman–Crippen LogP) is -0.739. The second-order valence-corrected chi connectivity index (χ2v) is 3.19. The summed E-state index contributed by atoms with van der Waals surface area (Å²) in [5.74, 6) is 0. The van der Waals surface area contributed by atoms with Gasteiger partial charge in [-0.1, -0.05) is 0 Å². The fourth-order valence-corrected chi connectivity index (χ4v) is 1.12. The van der Waals surface area contributed by atoms with Crippen LogP contribution in [-0.4, -0.2) is 16.0 Å². The van der Waals surface area contributed by atoms with Crippen LogP contribution < -0.4 is 17.0 Å². The summed E-state index contributed by atoms with van der Waals surface area (Å²) in [7, 11) is 0. The molecule has 0 aliphatic heterocycles. The number of hydrogen-bond donors (Lipinski definition) is 3. The van der Waals surface area contributed by atoms with Gasteiger partial charge in [-0.2, -0.15) is 0 Å². The molecule has 1 heterocycles. The van der Waals surface area contributed by atoms with E-state index in [-0.39, 0.29) is 11.6 Å². The van der Waals surface area contributed by atoms with E-state index >= 15 is 0 Å². The first-order valence-electron chi connectivity index (χ1n) is 4.08. The lowest BCUT2D eigenvalue weighted by Crippen LogP contribution is -2.29. The van der Waals surface area contributed by atoms with Crippen molar-refractivity contribution in [3.63, 3.8) is 0 Å². The second kappa shape index (κ2) is 3.57. The average molecular weight is 183 g/mol. The van der Waals surface area contributed by atoms with Crippen molar-refractivity contribution in [1.29, 1.82) is 0 Å². The van der Waals surface area contributed by atoms with Gasteiger partial charge in [0, 0.05) is 23.7 Å². The normalized spacial score (nSPS) is 12.8. The van der Waals surface area contributed by atoms with Crippen LogP contribution in [-0.2, 0) is 6.42 Å². The smallest absolute Gasteiger partial charge is 0.325 e. The van der Waals surface area contributed by atoms with Gasteiger partial charge in [0.15, 0.2) is 0 Å². The van der Waals surface area contributed by atoms with Crippen molar-refractivity contribution in [2.24, 2.45) is 5.73 Å². The first kappa shape index (κ1) is 9.73. The van der Waals surface area contributed by atoms with Gasteiger partial charge in [0.2, 0.25) is 0 Å². The predicted molar refractivity (Wildman–Crippen MR) is 49.8 cm³/mol. The Balaban J connectivity index is 3.21. The Morgan fingerprint density at radius 2 is 2.00 bits per heavy atom. The number of nitrogens with two attached hydrogens (primary N) is 1. The summed E-state index contributed by atoms with van der Waals surface area (Å²) in [4.78, 5) is 26.7. The zero-order chi connectivity index (χ0) is 10.0. The van der Waals surface area contributed by atoms with Crippen molar-refractivity contribution < 1.29 is 0 Å². The zero-order valence-corrected chi connectivity index (χ0v) is 7.68. The standard InChI is InChI=1S/C8H13N3O2/c1-4(9)3-6-5(2)7(12)11-8(13)10-6/h4H,3,9H2,1-2H3,(H2,10,11,12,13). The highest BCUT2D eigenvalue weighted by molar-refractivity contribution is 5.14. The lowest BCUT2D eigenvalue weighted by atomic mass is 10.1. The van der Waals surface area contributed by atoms with E-state index in [0.717, 1.165) is 0 Å². The molecule has 0 aliphatic carbocycles. The lowest BCUT2D eigenvalue weighted by molar-refractivity contribution is 0.708. The van der Waals surface area contributed by atoms with E-state index in [9.17, 15) is 9.59 Å². The van der Waals surface area contributed by atoms with Crippen LogP contribution in [0.3, 0.4) is 0 Å². The molecule has 1 atom stereocenters. The quantitative estimate of drug-likeness (QED) is 0.564. The lowest BCUT2D eigenvalue weighted by Gasteiger charge is -2.06. The SMILES string of the molecule is Cc1c(CC(C)N)[nH]c(=O)[nH]c1=O. The first-order chi connectivity index (χ1) is 6.00. The van der Waals surface area contributed by atoms with Crippen LogP contribution in [0.1, 0.15) is 18.2 Å². The molecule has 0 aliphatic rings. The van der Waals surface area contributed by atoms with E-state index < -0.39 is 5.69 Å². The minimum absolute atomic E-state index is 0.0730. The minimum Gasteiger partial charge on any atom is -0.328 e. The number of aromatic nitrogens is 2. The van der Waals surface area contributed by atoms with Crippen molar-refractivity contribution in [2.45, 2.75) is 26.3 Å². The molecule has 0 fully saturated rings. The summed E-state index contributed by atoms with van der Waals surface area (Å²) in [6, 6.07) is -0.0730. The van der Waals surface area contributed by atoms with Gasteiger partial charge >= 0.3 is 5.69 Å². The number of nitrogens with one attached hydrogen (secondary N) is 2. The number of H-pyrrole nitrogens is 2. The maximum Gasteiger partial charge on any atom is 0.325 e. The Kier molecular flexibility index (Phi) is 2.67. The summed E-state index contributed by atoms with van der Waals surface area (Å²) >= 11 is 0. The van der Waals surface area contributed by atoms with Crippen molar-refractivity contribution in [3.05, 3.63) is 32.1 Å². The molecule has 1 rings (SSSR count). The highest BCUT2D eigenvalue weighted by atomic mass is 16.2. The summed E-state index contributed by atoms with van der Waals surface area (Å²) in [5.41, 5.74) is 5.87. The Morgan fingerprint density at radius 3 is 2.54 bits per heavy atom. The highest BCUT2D eigenvalue weighted by Crippen LogP contribution is 1.98. The zero-order valence-electron chi connectivity index (χ0n) is 7.68. The van der Waals surface area contributed by atoms with Gasteiger partial charge in [0.1, 0.15) is 0 Å². The third-order valence-corrected chi connectivity index (χ3v) is 1.81. The van der Waals surface area contributed by atoms with Crippen LogP contribution in [0.2, 0.25) is 0 Å². The molecular weight excluding hydrogens is 170 g/mol. The van der Waals surface area contributed by atoms with Gasteiger partial charge < -0.3 is 10.7 Å². The third-order valence-electron chi connectivity index (χ3n) is 1.81. The largest absolute Gasteiger partial charge is 0.328 e. The topological polar surface area (TPSA) is 91.7 Å². The van der Waals surface area contributed by atoms with Crippen molar-refractivity contribution in [1.82, 2.24) is 9.97 Å². The molecule has 0 amide bonds. The second-order valence-electron chi connectivity index (χ2n) is 3.19. The molecule has 4 N–H and O–H groups in total. The Labute approximate surface area is 75.0 Å². The van der Waals surface area contributed by atoms with Gasteiger partial charge in [-0.3, -0.25) is 9.78 Å². The molecule has 1 aromatic heterocycles. The molecule has 5 heteroatoms. The molecule has 1 aromatic rings. The summed E-state index contributed by atoms with van der Waals surface area (Å²) < 4.78 is 0. The molecule has 5 nitrogen and oxygen atoms in total. The van der Waals surface area contributed by atoms with Gasteiger partial charge in [-0.25, -0.2) is 4.79 Å². The Bertz CT molecular complexity index is 403. The first-order valence-corrected chi connectivity index (χ1v) is 4.08. The Morgan fingerprint density at radius 1 is 1.38 bits per heavy atom. The molecular formula is C8H13N3O2. The van der Waals surface area contributed by atoms with Crippen LogP contribution in [0.25, 0.3) is 0 Å². The molecule has 13 heavy (non-hydrogen) atoms. The fraction of sp³-hybridized carbons (Fsp3) is 0.500. The van der Waals surface area contributed by atoms with Crippen LogP contribution >= 0.6 is 0 Å². The maximum atomic E-state index is 11.1. The van der Waals surface area contributed by atoms with Gasteiger partial charge in [0.25, 0.3) is 5.56 Å². The van der Waals surface area contributed by atoms with E-state index in [1.165, 1.54) is 0 Å². The van der Waals surface area contributed by atoms with E-state index in [4.69, 9.17) is 5.73 Å². The number of hydrogen-bond acceptors (Lipinski definition) is 3. The average Bonchev–Trinajstić information content (AvgIpc) is 1.98. The minimum atomic E-state index is -0.480. The van der Waals surface area contributed by atoms with Crippen LogP contribution in [0.5, 0.6) is 0 Å². The molecule has 0 saturated heterocycles. The molecule has 0 radical (unpaired) electrons. The Hall–Kier alpha value is -1.36.